The third-order valence-electron chi connectivity index (χ3n) is 17.9. The van der Waals surface area contributed by atoms with E-state index in [-0.39, 0.29) is 30.4 Å². The molecule has 0 aliphatic rings. The second-order valence-corrected chi connectivity index (χ2v) is 29.0. The van der Waals surface area contributed by atoms with E-state index < -0.39 is 11.7 Å². The van der Waals surface area contributed by atoms with Gasteiger partial charge in [0.15, 0.2) is 0 Å². The van der Waals surface area contributed by atoms with Gasteiger partial charge >= 0.3 is 18.0 Å². The molecule has 13 rings (SSSR count). The molecule has 0 bridgehead atoms. The molecule has 9 heterocycles. The summed E-state index contributed by atoms with van der Waals surface area (Å²) in [5.74, 6) is -0.175. The first-order valence-electron chi connectivity index (χ1n) is 36.9. The third kappa shape index (κ3) is 24.4. The average Bonchev–Trinajstić information content (AvgIpc) is 1.33. The number of rotatable bonds is 15. The molecule has 0 atom stereocenters. The van der Waals surface area contributed by atoms with E-state index in [2.05, 4.69) is 190 Å². The molecule has 0 spiro atoms. The lowest BCUT2D eigenvalue weighted by molar-refractivity contribution is 0.0516. The van der Waals surface area contributed by atoms with Crippen molar-refractivity contribution in [2.45, 2.75) is 169 Å². The average molecular weight is 1590 g/mol. The van der Waals surface area contributed by atoms with Gasteiger partial charge in [0.2, 0.25) is 0 Å². The molecule has 25 nitrogen and oxygen atoms in total. The highest BCUT2D eigenvalue weighted by atomic mass is 79.9. The summed E-state index contributed by atoms with van der Waals surface area (Å²) in [6.07, 6.45) is 8.69. The van der Waals surface area contributed by atoms with Gasteiger partial charge in [0, 0.05) is 87.0 Å². The maximum atomic E-state index is 12.6. The number of aromatic nitrogens is 12. The Balaban J connectivity index is 0.000000176. The summed E-state index contributed by atoms with van der Waals surface area (Å²) < 4.78 is 16.7. The number of anilines is 2. The van der Waals surface area contributed by atoms with Gasteiger partial charge in [-0.3, -0.25) is 49.7 Å². The van der Waals surface area contributed by atoms with Crippen molar-refractivity contribution in [3.8, 4) is 0 Å². The van der Waals surface area contributed by atoms with E-state index in [1.807, 2.05) is 65.8 Å². The summed E-state index contributed by atoms with van der Waals surface area (Å²) >= 11 is 3.49. The van der Waals surface area contributed by atoms with Crippen molar-refractivity contribution in [2.75, 3.05) is 24.3 Å². The second-order valence-electron chi connectivity index (χ2n) is 28.5. The van der Waals surface area contributed by atoms with Gasteiger partial charge in [0.1, 0.15) is 17.2 Å². The number of aliphatic hydroxyl groups excluding tert-OH is 1. The van der Waals surface area contributed by atoms with Crippen molar-refractivity contribution in [2.24, 2.45) is 0 Å². The van der Waals surface area contributed by atoms with E-state index in [0.717, 1.165) is 94.1 Å². The molecule has 26 heteroatoms. The summed E-state index contributed by atoms with van der Waals surface area (Å²) in [7, 11) is 0. The van der Waals surface area contributed by atoms with E-state index in [4.69, 9.17) is 20.2 Å². The number of alkyl halides is 1. The summed E-state index contributed by atoms with van der Waals surface area (Å²) in [6, 6.07) is 32.4. The van der Waals surface area contributed by atoms with Crippen molar-refractivity contribution < 1.29 is 43.3 Å². The number of aromatic amines is 2. The fourth-order valence-electron chi connectivity index (χ4n) is 12.2. The Morgan fingerprint density at radius 1 is 0.487 bits per heavy atom. The first-order valence-corrected chi connectivity index (χ1v) is 38.0. The molecule has 0 saturated heterocycles. The highest BCUT2D eigenvalue weighted by molar-refractivity contribution is 9.08. The first-order chi connectivity index (χ1) is 53.6. The maximum Gasteiger partial charge on any atom is 0.413 e. The minimum Gasteiger partial charge on any atom is -0.462 e. The Morgan fingerprint density at radius 2 is 0.912 bits per heavy atom. The van der Waals surface area contributed by atoms with Gasteiger partial charge in [0.25, 0.3) is 11.8 Å². The van der Waals surface area contributed by atoms with E-state index in [0.29, 0.717) is 78.1 Å². The van der Waals surface area contributed by atoms with Crippen molar-refractivity contribution in [3.05, 3.63) is 263 Å². The fraction of sp³-hybridized carbons (Fsp3) is 0.310. The number of nitrogens with zero attached hydrogens (tertiary/aromatic N) is 10. The molecular weight excluding hydrogens is 1490 g/mol. The number of aryl methyl sites for hydroxylation is 14. The normalized spacial score (nSPS) is 10.8. The van der Waals surface area contributed by atoms with Gasteiger partial charge in [-0.05, 0) is 265 Å². The molecular formula is C87H101BrN16O9. The van der Waals surface area contributed by atoms with Crippen LogP contribution in [-0.2, 0) is 45.8 Å². The molecule has 113 heavy (non-hydrogen) atoms. The van der Waals surface area contributed by atoms with Crippen LogP contribution in [0.3, 0.4) is 0 Å². The standard InChI is InChI=1S/C24H26N6O.C16H21N5O3.C15H17NO2.C13H14BrN.C13H15NO.C6H8N2O2/c1-14-7-15(2)21-9-19(17(4)28-22(21)8-14)12-30-13-20(11-27-30)24(31)26-10-18-5-6-23(25)29-16(18)3;1-10-11(7-17-14(22)12-8-18-19-9-12)5-6-13(20-10)21-15(23)24-16(2,3)4;1-5-18-15(17)13-8-12-10(3)6-9(2)7-14(12)16-11(13)4;1-8-4-9(2)12-6-11(7-14)10(3)15-13(12)5-8;1-8-4-9(2)12-6-11(7-15)10(3)14-13(12)5-8;1-2-10-6(9)5-3-7-8-4-5/h5-9,11,13H,10,12H2,1-4H3,(H2,25,29)(H,26,31);5-6,8-9H,7H2,1-4H3,(H,17,22)(H,18,19)(H,20,21,23);6-8H,5H2,1-4H3;4-6H,7H2,1-3H3;4-6,15H,7H2,1-3H3;3-4H,2H2,1H3,(H,7,8). The van der Waals surface area contributed by atoms with Crippen LogP contribution in [0.1, 0.15) is 183 Å². The highest BCUT2D eigenvalue weighted by Gasteiger charge is 2.19. The van der Waals surface area contributed by atoms with Gasteiger partial charge in [-0.25, -0.2) is 24.4 Å². The van der Waals surface area contributed by atoms with Gasteiger partial charge in [-0.2, -0.15) is 15.3 Å². The molecule has 3 amide bonds. The monoisotopic (exact) mass is 1590 g/mol. The molecule has 4 aromatic carbocycles. The molecule has 0 radical (unpaired) electrons. The number of carbonyl (C=O) groups excluding carboxylic acids is 5. The zero-order valence-electron chi connectivity index (χ0n) is 67.8. The fourth-order valence-corrected chi connectivity index (χ4v) is 12.8. The van der Waals surface area contributed by atoms with Crippen LogP contribution in [0.4, 0.5) is 16.4 Å². The zero-order chi connectivity index (χ0) is 82.5. The Hall–Kier alpha value is -12.2. The summed E-state index contributed by atoms with van der Waals surface area (Å²) in [4.78, 5) is 85.8. The number of H-pyrrole nitrogens is 2. The van der Waals surface area contributed by atoms with Gasteiger partial charge in [-0.1, -0.05) is 52.3 Å². The number of pyridine rings is 6. The molecule has 590 valence electrons. The Morgan fingerprint density at radius 3 is 1.37 bits per heavy atom. The number of hydrogen-bond donors (Lipinski definition) is 7. The number of amides is 3. The van der Waals surface area contributed by atoms with Crippen molar-refractivity contribution in [1.29, 1.82) is 0 Å². The van der Waals surface area contributed by atoms with Gasteiger partial charge < -0.3 is 35.7 Å². The quantitative estimate of drug-likeness (QED) is 0.0285. The molecule has 0 aliphatic heterocycles. The van der Waals surface area contributed by atoms with E-state index in [1.54, 1.807) is 76.8 Å². The van der Waals surface area contributed by atoms with Crippen LogP contribution in [0.15, 0.2) is 134 Å². The predicted molar refractivity (Wildman–Crippen MR) is 447 cm³/mol. The van der Waals surface area contributed by atoms with Gasteiger partial charge in [0.05, 0.1) is 95.0 Å². The Labute approximate surface area is 667 Å². The maximum absolute atomic E-state index is 12.6. The van der Waals surface area contributed by atoms with E-state index in [9.17, 15) is 29.1 Å². The van der Waals surface area contributed by atoms with Crippen LogP contribution in [-0.4, -0.2) is 114 Å². The summed E-state index contributed by atoms with van der Waals surface area (Å²) in [5, 5.41) is 39.7. The zero-order valence-corrected chi connectivity index (χ0v) is 69.4. The number of nitrogens with one attached hydrogen (secondary N) is 5. The highest BCUT2D eigenvalue weighted by Crippen LogP contribution is 2.28. The Kier molecular flexibility index (Phi) is 30.3. The van der Waals surface area contributed by atoms with Crippen LogP contribution < -0.4 is 21.7 Å². The lowest BCUT2D eigenvalue weighted by atomic mass is 10.0. The molecule has 9 aromatic heterocycles. The number of fused-ring (bicyclic) bond motifs is 4. The summed E-state index contributed by atoms with van der Waals surface area (Å²) in [6.45, 7) is 39.2. The van der Waals surface area contributed by atoms with Crippen LogP contribution in [0.5, 0.6) is 0 Å². The molecule has 13 aromatic rings. The van der Waals surface area contributed by atoms with Crippen LogP contribution >= 0.6 is 15.9 Å². The number of nitrogens with two attached hydrogens (primary N) is 1. The molecule has 8 N–H and O–H groups in total. The number of nitrogen functional groups attached to an aromatic ring is 1. The molecule has 0 aliphatic carbocycles. The van der Waals surface area contributed by atoms with Crippen LogP contribution in [0, 0.1) is 96.9 Å². The third-order valence-corrected chi connectivity index (χ3v) is 18.5. The lowest BCUT2D eigenvalue weighted by Crippen LogP contribution is -2.27. The number of benzene rings is 4. The molecule has 0 fully saturated rings. The number of hydrogen-bond acceptors (Lipinski definition) is 19. The Bertz CT molecular complexity index is 5460. The number of halogens is 1. The minimum atomic E-state index is -0.573. The summed E-state index contributed by atoms with van der Waals surface area (Å²) in [5.41, 5.74) is 31.2. The van der Waals surface area contributed by atoms with Crippen molar-refractivity contribution in [3.63, 3.8) is 0 Å². The number of ether oxygens (including phenoxy) is 3. The minimum absolute atomic E-state index is 0.0576. The largest absolute Gasteiger partial charge is 0.462 e. The lowest BCUT2D eigenvalue weighted by Gasteiger charge is -2.19. The van der Waals surface area contributed by atoms with Crippen LogP contribution in [0.2, 0.25) is 0 Å². The molecule has 0 saturated carbocycles. The van der Waals surface area contributed by atoms with Crippen LogP contribution in [0.25, 0.3) is 43.6 Å². The second kappa shape index (κ2) is 39.7. The van der Waals surface area contributed by atoms with Crippen molar-refractivity contribution >= 4 is 101 Å². The van der Waals surface area contributed by atoms with Gasteiger partial charge in [-0.15, -0.1) is 0 Å². The molecule has 0 unspecified atom stereocenters. The predicted octanol–water partition coefficient (Wildman–Crippen LogP) is 16.6. The number of esters is 2. The first kappa shape index (κ1) is 86.4. The van der Waals surface area contributed by atoms with Crippen molar-refractivity contribution in [1.82, 2.24) is 70.7 Å². The smallest absolute Gasteiger partial charge is 0.413 e. The van der Waals surface area contributed by atoms with E-state index >= 15 is 0 Å². The van der Waals surface area contributed by atoms with E-state index in [1.165, 1.54) is 74.7 Å². The SMILES string of the molecule is CCOC(=O)c1cc2c(C)cc(C)cc2nc1C.CCOC(=O)c1cn[nH]c1.Cc1cc(C)c2cc(CBr)c(C)nc2c1.Cc1cc(C)c2cc(CO)c(C)nc2c1.Cc1cc(C)c2cc(Cn3cc(C(=O)NCc4ccc(N)nc4C)cn3)c(C)nc2c1.Cc1nc(NC(=O)OC(C)(C)C)ccc1CNC(=O)c1cn[nH]c1. The number of carbonyl (C=O) groups is 5. The topological polar surface area (TPSA) is 348 Å². The number of aliphatic hydroxyl groups is 1.